The maximum absolute atomic E-state index is 13.6. The number of alkyl halides is 3. The number of morpholine rings is 1. The summed E-state index contributed by atoms with van der Waals surface area (Å²) < 4.78 is 102. The molecule has 2 N–H and O–H groups in total. The third-order valence-electron chi connectivity index (χ3n) is 5.99. The molecular weight excluding hydrogens is 571 g/mol. The fraction of sp³-hybridized carbons (Fsp3) is 0.200. The van der Waals surface area contributed by atoms with Crippen LogP contribution in [-0.2, 0) is 31.0 Å². The highest BCUT2D eigenvalue weighted by Gasteiger charge is 2.37. The van der Waals surface area contributed by atoms with E-state index in [0.29, 0.717) is 11.6 Å². The number of sulfonamides is 2. The van der Waals surface area contributed by atoms with Crippen molar-refractivity contribution in [2.24, 2.45) is 0 Å². The number of fused-ring (bicyclic) bond motifs is 1. The Labute approximate surface area is 227 Å². The van der Waals surface area contributed by atoms with E-state index in [1.54, 1.807) is 24.3 Å². The van der Waals surface area contributed by atoms with Crippen LogP contribution in [0.5, 0.6) is 0 Å². The Morgan fingerprint density at radius 3 is 2.10 bits per heavy atom. The van der Waals surface area contributed by atoms with Crippen molar-refractivity contribution >= 4 is 48.4 Å². The van der Waals surface area contributed by atoms with Gasteiger partial charge in [-0.05, 0) is 42.5 Å². The van der Waals surface area contributed by atoms with Crippen molar-refractivity contribution in [3.8, 4) is 0 Å². The first-order valence-corrected chi connectivity index (χ1v) is 14.8. The summed E-state index contributed by atoms with van der Waals surface area (Å²) in [6.45, 7) is 0.929. The van der Waals surface area contributed by atoms with E-state index in [1.165, 1.54) is 34.6 Å². The molecule has 0 unspecified atom stereocenters. The number of nitrogens with zero attached hydrogens (tertiary/aromatic N) is 3. The van der Waals surface area contributed by atoms with Gasteiger partial charge < -0.3 is 10.1 Å². The van der Waals surface area contributed by atoms with E-state index >= 15 is 0 Å². The van der Waals surface area contributed by atoms with E-state index in [1.807, 2.05) is 0 Å². The van der Waals surface area contributed by atoms with Crippen molar-refractivity contribution in [1.29, 1.82) is 0 Å². The smallest absolute Gasteiger partial charge is 0.379 e. The Bertz CT molecular complexity index is 1780. The number of hydrogen-bond donors (Lipinski definition) is 2. The van der Waals surface area contributed by atoms with Crippen LogP contribution in [0.25, 0.3) is 11.0 Å². The SMILES string of the molecule is O=S(=O)(Nc1nc2ccccc2nc1Nc1cccc(S(=O)(=O)N2CCOCC2)c1)c1ccccc1C(F)(F)F. The molecule has 210 valence electrons. The number of rotatable bonds is 7. The number of ether oxygens (including phenoxy) is 1. The molecule has 1 saturated heterocycles. The minimum Gasteiger partial charge on any atom is -0.379 e. The van der Waals surface area contributed by atoms with Gasteiger partial charge in [0.2, 0.25) is 10.0 Å². The van der Waals surface area contributed by atoms with Gasteiger partial charge in [-0.25, -0.2) is 26.8 Å². The Morgan fingerprint density at radius 2 is 1.43 bits per heavy atom. The third kappa shape index (κ3) is 5.72. The predicted molar refractivity (Wildman–Crippen MR) is 141 cm³/mol. The van der Waals surface area contributed by atoms with Gasteiger partial charge in [0, 0.05) is 18.8 Å². The normalized spacial score (nSPS) is 15.2. The van der Waals surface area contributed by atoms with Crippen LogP contribution in [-0.4, -0.2) is 57.4 Å². The van der Waals surface area contributed by atoms with Gasteiger partial charge in [0.25, 0.3) is 10.0 Å². The van der Waals surface area contributed by atoms with Crippen LogP contribution < -0.4 is 10.0 Å². The summed E-state index contributed by atoms with van der Waals surface area (Å²) in [5.74, 6) is -0.523. The minimum atomic E-state index is -4.92. The van der Waals surface area contributed by atoms with Crippen molar-refractivity contribution in [2.45, 2.75) is 16.0 Å². The van der Waals surface area contributed by atoms with Gasteiger partial charge in [-0.15, -0.1) is 0 Å². The van der Waals surface area contributed by atoms with Crippen LogP contribution in [0.2, 0.25) is 0 Å². The van der Waals surface area contributed by atoms with Gasteiger partial charge >= 0.3 is 6.18 Å². The highest BCUT2D eigenvalue weighted by molar-refractivity contribution is 7.92. The first-order chi connectivity index (χ1) is 18.9. The van der Waals surface area contributed by atoms with Crippen LogP contribution in [0, 0.1) is 0 Å². The Morgan fingerprint density at radius 1 is 0.800 bits per heavy atom. The topological polar surface area (TPSA) is 131 Å². The molecule has 1 aliphatic rings. The molecule has 0 radical (unpaired) electrons. The van der Waals surface area contributed by atoms with E-state index in [0.717, 1.165) is 12.1 Å². The molecule has 10 nitrogen and oxygen atoms in total. The largest absolute Gasteiger partial charge is 0.417 e. The van der Waals surface area contributed by atoms with E-state index in [2.05, 4.69) is 20.0 Å². The molecule has 4 aromatic rings. The van der Waals surface area contributed by atoms with Gasteiger partial charge in [-0.2, -0.15) is 17.5 Å². The number of halogens is 3. The number of benzene rings is 3. The Balaban J connectivity index is 1.54. The van der Waals surface area contributed by atoms with Gasteiger partial charge in [-0.3, -0.25) is 4.72 Å². The maximum atomic E-state index is 13.6. The molecule has 0 aliphatic carbocycles. The monoisotopic (exact) mass is 593 g/mol. The molecule has 1 aliphatic heterocycles. The molecule has 0 amide bonds. The van der Waals surface area contributed by atoms with Crippen LogP contribution >= 0.6 is 0 Å². The molecule has 0 saturated carbocycles. The molecule has 0 spiro atoms. The first kappa shape index (κ1) is 27.8. The van der Waals surface area contributed by atoms with Gasteiger partial charge in [0.15, 0.2) is 11.6 Å². The fourth-order valence-corrected chi connectivity index (χ4v) is 6.78. The summed E-state index contributed by atoms with van der Waals surface area (Å²) in [5.41, 5.74) is -0.471. The molecular formula is C25H22F3N5O5S2. The van der Waals surface area contributed by atoms with Gasteiger partial charge in [0.1, 0.15) is 0 Å². The van der Waals surface area contributed by atoms with E-state index < -0.39 is 36.7 Å². The summed E-state index contributed by atoms with van der Waals surface area (Å²) in [4.78, 5) is 7.68. The highest BCUT2D eigenvalue weighted by Crippen LogP contribution is 2.35. The average molecular weight is 594 g/mol. The molecule has 40 heavy (non-hydrogen) atoms. The summed E-state index contributed by atoms with van der Waals surface area (Å²) >= 11 is 0. The summed E-state index contributed by atoms with van der Waals surface area (Å²) in [5, 5.41) is 2.87. The molecule has 1 fully saturated rings. The zero-order chi connectivity index (χ0) is 28.5. The van der Waals surface area contributed by atoms with Crippen LogP contribution in [0.3, 0.4) is 0 Å². The van der Waals surface area contributed by atoms with Gasteiger partial charge in [0.05, 0.1) is 39.6 Å². The molecule has 3 aromatic carbocycles. The van der Waals surface area contributed by atoms with Crippen molar-refractivity contribution in [1.82, 2.24) is 14.3 Å². The Hall–Kier alpha value is -3.79. The second-order valence-electron chi connectivity index (χ2n) is 8.68. The molecule has 15 heteroatoms. The lowest BCUT2D eigenvalue weighted by Gasteiger charge is -2.26. The molecule has 2 heterocycles. The van der Waals surface area contributed by atoms with Crippen LogP contribution in [0.15, 0.2) is 82.6 Å². The summed E-state index contributed by atoms with van der Waals surface area (Å²) in [7, 11) is -8.63. The van der Waals surface area contributed by atoms with Gasteiger partial charge in [-0.1, -0.05) is 30.3 Å². The summed E-state index contributed by atoms with van der Waals surface area (Å²) in [6, 6.07) is 16.1. The molecule has 0 atom stereocenters. The first-order valence-electron chi connectivity index (χ1n) is 11.9. The standard InChI is InChI=1S/C25H22F3N5O5S2/c26-25(27,28)19-8-1-4-11-22(19)39(34,35)32-24-23(30-20-9-2-3-10-21(20)31-24)29-17-6-5-7-18(16-17)40(36,37)33-12-14-38-15-13-33/h1-11,16H,12-15H2,(H,29,30)(H,31,32). The number of para-hydroxylation sites is 2. The molecule has 1 aromatic heterocycles. The number of nitrogens with one attached hydrogen (secondary N) is 2. The quantitative estimate of drug-likeness (QED) is 0.326. The highest BCUT2D eigenvalue weighted by atomic mass is 32.2. The lowest BCUT2D eigenvalue weighted by atomic mass is 10.2. The van der Waals surface area contributed by atoms with Crippen molar-refractivity contribution in [3.63, 3.8) is 0 Å². The Kier molecular flexibility index (Phi) is 7.39. The van der Waals surface area contributed by atoms with Crippen molar-refractivity contribution in [3.05, 3.63) is 78.4 Å². The number of hydrogen-bond acceptors (Lipinski definition) is 8. The van der Waals surface area contributed by atoms with E-state index in [4.69, 9.17) is 4.74 Å². The zero-order valence-corrected chi connectivity index (χ0v) is 22.2. The predicted octanol–water partition coefficient (Wildman–Crippen LogP) is 4.21. The van der Waals surface area contributed by atoms with E-state index in [9.17, 15) is 30.0 Å². The minimum absolute atomic E-state index is 0.0191. The van der Waals surface area contributed by atoms with Crippen LogP contribution in [0.1, 0.15) is 5.56 Å². The zero-order valence-electron chi connectivity index (χ0n) is 20.6. The fourth-order valence-electron chi connectivity index (χ4n) is 4.08. The second-order valence-corrected chi connectivity index (χ2v) is 12.3. The lowest BCUT2D eigenvalue weighted by molar-refractivity contribution is -0.139. The molecule has 5 rings (SSSR count). The maximum Gasteiger partial charge on any atom is 0.417 e. The number of anilines is 3. The second kappa shape index (κ2) is 10.6. The van der Waals surface area contributed by atoms with Crippen molar-refractivity contribution in [2.75, 3.05) is 36.3 Å². The molecule has 0 bridgehead atoms. The number of aromatic nitrogens is 2. The van der Waals surface area contributed by atoms with E-state index in [-0.39, 0.29) is 54.0 Å². The average Bonchev–Trinajstić information content (AvgIpc) is 2.93. The third-order valence-corrected chi connectivity index (χ3v) is 9.28. The lowest BCUT2D eigenvalue weighted by Crippen LogP contribution is -2.40. The van der Waals surface area contributed by atoms with Crippen LogP contribution in [0.4, 0.5) is 30.5 Å². The summed E-state index contributed by atoms with van der Waals surface area (Å²) in [6.07, 6.45) is -4.92. The van der Waals surface area contributed by atoms with Crippen molar-refractivity contribution < 1.29 is 34.7 Å².